The second-order valence-corrected chi connectivity index (χ2v) is 6.41. The molecule has 0 unspecified atom stereocenters. The molecule has 1 aromatic heterocycles. The highest BCUT2D eigenvalue weighted by molar-refractivity contribution is 6.05. The van der Waals surface area contributed by atoms with Crippen LogP contribution in [0.3, 0.4) is 0 Å². The largest absolute Gasteiger partial charge is 0.573 e. The van der Waals surface area contributed by atoms with Crippen LogP contribution in [0.5, 0.6) is 11.5 Å². The zero-order valence-corrected chi connectivity index (χ0v) is 16.4. The van der Waals surface area contributed by atoms with Gasteiger partial charge in [0.15, 0.2) is 0 Å². The number of nitrogens with zero attached hydrogens (tertiary/aromatic N) is 1. The second-order valence-electron chi connectivity index (χ2n) is 6.41. The van der Waals surface area contributed by atoms with E-state index in [0.717, 1.165) is 12.1 Å². The van der Waals surface area contributed by atoms with E-state index in [1.807, 2.05) is 0 Å². The number of methoxy groups -OCH3 is 2. The molecule has 1 heterocycles. The summed E-state index contributed by atoms with van der Waals surface area (Å²) in [6, 6.07) is 9.70. The molecule has 0 amide bonds. The smallest absolute Gasteiger partial charge is 0.497 e. The fourth-order valence-corrected chi connectivity index (χ4v) is 3.22. The number of hydrogen-bond donors (Lipinski definition) is 0. The van der Waals surface area contributed by atoms with Crippen LogP contribution in [-0.2, 0) is 16.0 Å². The van der Waals surface area contributed by atoms with Gasteiger partial charge in [0.2, 0.25) is 0 Å². The molecule has 0 aliphatic rings. The van der Waals surface area contributed by atoms with Gasteiger partial charge in [0.05, 0.1) is 26.2 Å². The van der Waals surface area contributed by atoms with Crippen LogP contribution in [0.1, 0.15) is 21.6 Å². The van der Waals surface area contributed by atoms with Crippen molar-refractivity contribution < 1.29 is 37.0 Å². The summed E-state index contributed by atoms with van der Waals surface area (Å²) in [4.78, 5) is 25.0. The highest BCUT2D eigenvalue weighted by atomic mass is 19.4. The third-order valence-corrected chi connectivity index (χ3v) is 4.63. The SMILES string of the molecule is COC(=O)Cc1c(C)n(C(=O)c2ccc(OC(F)(F)F)cc2)c2ccc(OC)cc12. The quantitative estimate of drug-likeness (QED) is 0.576. The van der Waals surface area contributed by atoms with Gasteiger partial charge in [-0.3, -0.25) is 14.2 Å². The molecule has 0 atom stereocenters. The van der Waals surface area contributed by atoms with Crippen molar-refractivity contribution in [2.75, 3.05) is 14.2 Å². The molecule has 30 heavy (non-hydrogen) atoms. The molecule has 9 heteroatoms. The number of carbonyl (C=O) groups is 2. The molecule has 6 nitrogen and oxygen atoms in total. The molecule has 3 rings (SSSR count). The first-order valence-electron chi connectivity index (χ1n) is 8.80. The van der Waals surface area contributed by atoms with Gasteiger partial charge in [0, 0.05) is 16.6 Å². The van der Waals surface area contributed by atoms with Crippen LogP contribution in [0.15, 0.2) is 42.5 Å². The minimum absolute atomic E-state index is 0.0510. The van der Waals surface area contributed by atoms with E-state index in [9.17, 15) is 22.8 Å². The van der Waals surface area contributed by atoms with Crippen LogP contribution >= 0.6 is 0 Å². The lowest BCUT2D eigenvalue weighted by atomic mass is 10.1. The summed E-state index contributed by atoms with van der Waals surface area (Å²) in [6.07, 6.45) is -4.87. The van der Waals surface area contributed by atoms with E-state index in [1.54, 1.807) is 25.1 Å². The van der Waals surface area contributed by atoms with Gasteiger partial charge in [-0.05, 0) is 55.0 Å². The molecule has 2 aromatic carbocycles. The molecule has 0 saturated heterocycles. The second kappa shape index (κ2) is 8.10. The molecular weight excluding hydrogens is 403 g/mol. The van der Waals surface area contributed by atoms with E-state index in [-0.39, 0.29) is 12.0 Å². The van der Waals surface area contributed by atoms with Crippen molar-refractivity contribution in [3.8, 4) is 11.5 Å². The molecule has 158 valence electrons. The lowest BCUT2D eigenvalue weighted by Gasteiger charge is -2.10. The van der Waals surface area contributed by atoms with Gasteiger partial charge in [0.1, 0.15) is 11.5 Å². The van der Waals surface area contributed by atoms with Gasteiger partial charge in [0.25, 0.3) is 5.91 Å². The van der Waals surface area contributed by atoms with Crippen LogP contribution in [0.25, 0.3) is 10.9 Å². The Morgan fingerprint density at radius 1 is 1.00 bits per heavy atom. The average Bonchev–Trinajstić information content (AvgIpc) is 2.97. The van der Waals surface area contributed by atoms with Crippen LogP contribution in [0.4, 0.5) is 13.2 Å². The molecule has 0 radical (unpaired) electrons. The minimum Gasteiger partial charge on any atom is -0.497 e. The van der Waals surface area contributed by atoms with Crippen molar-refractivity contribution in [2.45, 2.75) is 19.7 Å². The van der Waals surface area contributed by atoms with Crippen molar-refractivity contribution in [1.29, 1.82) is 0 Å². The fourth-order valence-electron chi connectivity index (χ4n) is 3.22. The molecule has 0 bridgehead atoms. The first kappa shape index (κ1) is 21.2. The van der Waals surface area contributed by atoms with Crippen molar-refractivity contribution >= 4 is 22.8 Å². The van der Waals surface area contributed by atoms with Gasteiger partial charge < -0.3 is 14.2 Å². The van der Waals surface area contributed by atoms with Gasteiger partial charge >= 0.3 is 12.3 Å². The maximum absolute atomic E-state index is 13.2. The Labute approximate surface area is 169 Å². The number of esters is 1. The maximum Gasteiger partial charge on any atom is 0.573 e. The monoisotopic (exact) mass is 421 g/mol. The molecule has 0 aliphatic carbocycles. The lowest BCUT2D eigenvalue weighted by Crippen LogP contribution is -2.17. The van der Waals surface area contributed by atoms with E-state index in [4.69, 9.17) is 9.47 Å². The van der Waals surface area contributed by atoms with E-state index in [2.05, 4.69) is 4.74 Å². The first-order valence-corrected chi connectivity index (χ1v) is 8.80. The highest BCUT2D eigenvalue weighted by Crippen LogP contribution is 2.31. The zero-order chi connectivity index (χ0) is 22.1. The normalized spacial score (nSPS) is 11.4. The van der Waals surface area contributed by atoms with Crippen LogP contribution in [0.2, 0.25) is 0 Å². The standard InChI is InChI=1S/C21H18F3NO5/c1-12-16(11-19(26)29-3)17-10-15(28-2)8-9-18(17)25(12)20(27)13-4-6-14(7-5-13)30-21(22,23)24/h4-10H,11H2,1-3H3. The van der Waals surface area contributed by atoms with Gasteiger partial charge in [-0.2, -0.15) is 0 Å². The Hall–Kier alpha value is -3.49. The van der Waals surface area contributed by atoms with E-state index < -0.39 is 24.0 Å². The number of fused-ring (bicyclic) bond motifs is 1. The Morgan fingerprint density at radius 3 is 2.20 bits per heavy atom. The molecule has 0 fully saturated rings. The lowest BCUT2D eigenvalue weighted by molar-refractivity contribution is -0.274. The number of ether oxygens (including phenoxy) is 3. The van der Waals surface area contributed by atoms with Crippen LogP contribution in [0, 0.1) is 6.92 Å². The predicted octanol–water partition coefficient (Wildman–Crippen LogP) is 4.26. The number of carbonyl (C=O) groups excluding carboxylic acids is 2. The Bertz CT molecular complexity index is 1100. The Balaban J connectivity index is 2.07. The third-order valence-electron chi connectivity index (χ3n) is 4.63. The average molecular weight is 421 g/mol. The summed E-state index contributed by atoms with van der Waals surface area (Å²) in [7, 11) is 2.77. The number of halogens is 3. The zero-order valence-electron chi connectivity index (χ0n) is 16.4. The van der Waals surface area contributed by atoms with Crippen molar-refractivity contribution in [1.82, 2.24) is 4.57 Å². The number of alkyl halides is 3. The predicted molar refractivity (Wildman–Crippen MR) is 102 cm³/mol. The first-order chi connectivity index (χ1) is 14.1. The molecule has 0 saturated carbocycles. The van der Waals surface area contributed by atoms with E-state index in [1.165, 1.54) is 30.9 Å². The molecule has 0 spiro atoms. The van der Waals surface area contributed by atoms with Crippen molar-refractivity contribution in [3.63, 3.8) is 0 Å². The van der Waals surface area contributed by atoms with Gasteiger partial charge in [-0.15, -0.1) is 13.2 Å². The number of rotatable bonds is 5. The summed E-state index contributed by atoms with van der Waals surface area (Å²) in [5.41, 5.74) is 1.81. The number of hydrogen-bond acceptors (Lipinski definition) is 5. The topological polar surface area (TPSA) is 66.8 Å². The van der Waals surface area contributed by atoms with Crippen molar-refractivity contribution in [2.24, 2.45) is 0 Å². The van der Waals surface area contributed by atoms with E-state index in [0.29, 0.717) is 27.9 Å². The highest BCUT2D eigenvalue weighted by Gasteiger charge is 2.31. The number of benzene rings is 2. The van der Waals surface area contributed by atoms with Crippen molar-refractivity contribution in [3.05, 3.63) is 59.3 Å². The van der Waals surface area contributed by atoms with Gasteiger partial charge in [-0.1, -0.05) is 0 Å². The molecule has 0 aliphatic heterocycles. The minimum atomic E-state index is -4.82. The fraction of sp³-hybridized carbons (Fsp3) is 0.238. The molecule has 0 N–H and O–H groups in total. The summed E-state index contributed by atoms with van der Waals surface area (Å²) >= 11 is 0. The molecule has 3 aromatic rings. The van der Waals surface area contributed by atoms with Crippen LogP contribution < -0.4 is 9.47 Å². The maximum atomic E-state index is 13.2. The summed E-state index contributed by atoms with van der Waals surface area (Å²) in [5, 5.41) is 0.641. The Kier molecular flexibility index (Phi) is 5.73. The summed E-state index contributed by atoms with van der Waals surface area (Å²) < 4.78 is 52.3. The summed E-state index contributed by atoms with van der Waals surface area (Å²) in [5.74, 6) is -0.811. The van der Waals surface area contributed by atoms with E-state index >= 15 is 0 Å². The molecular formula is C21H18F3NO5. The van der Waals surface area contributed by atoms with Crippen LogP contribution in [-0.4, -0.2) is 37.0 Å². The third kappa shape index (κ3) is 4.24. The Morgan fingerprint density at radius 2 is 1.63 bits per heavy atom. The van der Waals surface area contributed by atoms with Gasteiger partial charge in [-0.25, -0.2) is 0 Å². The number of aromatic nitrogens is 1. The summed E-state index contributed by atoms with van der Waals surface area (Å²) in [6.45, 7) is 1.68.